The van der Waals surface area contributed by atoms with Crippen molar-refractivity contribution in [2.45, 2.75) is 6.42 Å². The molecular formula is C14H12BrN3O2. The molecule has 102 valence electrons. The Morgan fingerprint density at radius 1 is 1.45 bits per heavy atom. The number of pyridine rings is 1. The summed E-state index contributed by atoms with van der Waals surface area (Å²) >= 11 is 3.21. The topological polar surface area (TPSA) is 74.6 Å². The fraction of sp³-hybridized carbons (Fsp3) is 0.0714. The third-order valence-electron chi connectivity index (χ3n) is 2.46. The maximum Gasteiger partial charge on any atom is 0.244 e. The number of aromatic nitrogens is 1. The zero-order valence-corrected chi connectivity index (χ0v) is 12.0. The molecule has 1 aromatic carbocycles. The summed E-state index contributed by atoms with van der Waals surface area (Å²) < 4.78 is 0.572. The van der Waals surface area contributed by atoms with Gasteiger partial charge in [-0.1, -0.05) is 6.07 Å². The number of hydrogen-bond donors (Lipinski definition) is 2. The first-order valence-electron chi connectivity index (χ1n) is 5.84. The van der Waals surface area contributed by atoms with E-state index in [9.17, 15) is 9.90 Å². The van der Waals surface area contributed by atoms with E-state index in [1.807, 2.05) is 6.07 Å². The summed E-state index contributed by atoms with van der Waals surface area (Å²) in [5.41, 5.74) is 4.03. The quantitative estimate of drug-likeness (QED) is 0.665. The second-order valence-corrected chi connectivity index (χ2v) is 4.90. The average Bonchev–Trinajstić information content (AvgIpc) is 2.44. The molecule has 1 aromatic heterocycles. The largest absolute Gasteiger partial charge is 0.507 e. The van der Waals surface area contributed by atoms with E-state index >= 15 is 0 Å². The number of benzene rings is 1. The summed E-state index contributed by atoms with van der Waals surface area (Å²) in [7, 11) is 0. The second kappa shape index (κ2) is 6.81. The molecule has 0 fully saturated rings. The van der Waals surface area contributed by atoms with Gasteiger partial charge in [0.15, 0.2) is 0 Å². The number of carbonyl (C=O) groups is 1. The monoisotopic (exact) mass is 333 g/mol. The number of hydrazone groups is 1. The van der Waals surface area contributed by atoms with E-state index < -0.39 is 0 Å². The smallest absolute Gasteiger partial charge is 0.244 e. The van der Waals surface area contributed by atoms with E-state index in [0.29, 0.717) is 4.47 Å². The van der Waals surface area contributed by atoms with Crippen LogP contribution >= 0.6 is 15.9 Å². The molecule has 20 heavy (non-hydrogen) atoms. The molecule has 0 atom stereocenters. The standard InChI is InChI=1S/C14H12BrN3O2/c15-12-6-11(3-4-13(12)19)9-17-18-14(20)7-10-2-1-5-16-8-10/h1-6,8-9,19H,7H2,(H,18,20)/b17-9+. The first kappa shape index (κ1) is 14.2. The van der Waals surface area contributed by atoms with Gasteiger partial charge in [-0.3, -0.25) is 9.78 Å². The van der Waals surface area contributed by atoms with Gasteiger partial charge in [0.2, 0.25) is 5.91 Å². The number of carbonyl (C=O) groups excluding carboxylic acids is 1. The first-order valence-corrected chi connectivity index (χ1v) is 6.64. The van der Waals surface area contributed by atoms with E-state index in [1.165, 1.54) is 6.21 Å². The van der Waals surface area contributed by atoms with Crippen LogP contribution in [0.4, 0.5) is 0 Å². The van der Waals surface area contributed by atoms with Crippen molar-refractivity contribution in [3.05, 3.63) is 58.3 Å². The highest BCUT2D eigenvalue weighted by Crippen LogP contribution is 2.23. The predicted octanol–water partition coefficient (Wildman–Crippen LogP) is 2.24. The van der Waals surface area contributed by atoms with Crippen LogP contribution in [0.25, 0.3) is 0 Å². The number of phenols is 1. The van der Waals surface area contributed by atoms with Crippen molar-refractivity contribution in [2.24, 2.45) is 5.10 Å². The molecule has 0 saturated carbocycles. The van der Waals surface area contributed by atoms with Crippen molar-refractivity contribution in [3.8, 4) is 5.75 Å². The molecule has 0 bridgehead atoms. The summed E-state index contributed by atoms with van der Waals surface area (Å²) in [5, 5.41) is 13.2. The number of halogens is 1. The Morgan fingerprint density at radius 2 is 2.30 bits per heavy atom. The van der Waals surface area contributed by atoms with Crippen molar-refractivity contribution < 1.29 is 9.90 Å². The van der Waals surface area contributed by atoms with Gasteiger partial charge in [0.1, 0.15) is 5.75 Å². The number of aromatic hydroxyl groups is 1. The molecule has 0 aliphatic carbocycles. The van der Waals surface area contributed by atoms with Crippen LogP contribution in [0.1, 0.15) is 11.1 Å². The highest BCUT2D eigenvalue weighted by Gasteiger charge is 2.01. The van der Waals surface area contributed by atoms with Gasteiger partial charge in [0, 0.05) is 12.4 Å². The molecule has 0 aliphatic rings. The SMILES string of the molecule is O=C(Cc1cccnc1)N/N=C/c1ccc(O)c(Br)c1. The van der Waals surface area contributed by atoms with Gasteiger partial charge in [-0.2, -0.15) is 5.10 Å². The highest BCUT2D eigenvalue weighted by atomic mass is 79.9. The molecule has 6 heteroatoms. The van der Waals surface area contributed by atoms with Crippen LogP contribution < -0.4 is 5.43 Å². The molecular weight excluding hydrogens is 322 g/mol. The van der Waals surface area contributed by atoms with Crippen LogP contribution in [0, 0.1) is 0 Å². The van der Waals surface area contributed by atoms with Crippen LogP contribution in [0.5, 0.6) is 5.75 Å². The van der Waals surface area contributed by atoms with Crippen LogP contribution in [0.2, 0.25) is 0 Å². The van der Waals surface area contributed by atoms with E-state index in [0.717, 1.165) is 11.1 Å². The van der Waals surface area contributed by atoms with E-state index in [1.54, 1.807) is 36.7 Å². The lowest BCUT2D eigenvalue weighted by molar-refractivity contribution is -0.120. The number of nitrogens with one attached hydrogen (secondary N) is 1. The molecule has 0 unspecified atom stereocenters. The Kier molecular flexibility index (Phi) is 4.84. The number of phenolic OH excluding ortho intramolecular Hbond substituents is 1. The van der Waals surface area contributed by atoms with Crippen LogP contribution in [0.3, 0.4) is 0 Å². The lowest BCUT2D eigenvalue weighted by Crippen LogP contribution is -2.19. The highest BCUT2D eigenvalue weighted by molar-refractivity contribution is 9.10. The summed E-state index contributed by atoms with van der Waals surface area (Å²) in [5.74, 6) is -0.0603. The van der Waals surface area contributed by atoms with Gasteiger partial charge in [-0.05, 0) is 51.3 Å². The number of hydrogen-bond acceptors (Lipinski definition) is 4. The molecule has 2 rings (SSSR count). The van der Waals surface area contributed by atoms with E-state index in [4.69, 9.17) is 0 Å². The Morgan fingerprint density at radius 3 is 3.00 bits per heavy atom. The number of nitrogens with zero attached hydrogens (tertiary/aromatic N) is 2. The molecule has 0 aliphatic heterocycles. The Hall–Kier alpha value is -2.21. The molecule has 1 amide bonds. The van der Waals surface area contributed by atoms with Crippen molar-refractivity contribution >= 4 is 28.1 Å². The molecule has 5 nitrogen and oxygen atoms in total. The van der Waals surface area contributed by atoms with Crippen molar-refractivity contribution in [2.75, 3.05) is 0 Å². The third-order valence-corrected chi connectivity index (χ3v) is 3.10. The molecule has 2 N–H and O–H groups in total. The third kappa shape index (κ3) is 4.17. The Bertz CT molecular complexity index is 630. The maximum absolute atomic E-state index is 11.6. The summed E-state index contributed by atoms with van der Waals surface area (Å²) in [4.78, 5) is 15.6. The number of rotatable bonds is 4. The summed E-state index contributed by atoms with van der Waals surface area (Å²) in [6.07, 6.45) is 5.03. The number of amides is 1. The Balaban J connectivity index is 1.89. The lowest BCUT2D eigenvalue weighted by Gasteiger charge is -2.00. The van der Waals surface area contributed by atoms with Gasteiger partial charge in [0.05, 0.1) is 17.1 Å². The minimum Gasteiger partial charge on any atom is -0.507 e. The molecule has 0 radical (unpaired) electrons. The van der Waals surface area contributed by atoms with Gasteiger partial charge in [0.25, 0.3) is 0 Å². The first-order chi connectivity index (χ1) is 9.65. The fourth-order valence-corrected chi connectivity index (χ4v) is 1.91. The summed E-state index contributed by atoms with van der Waals surface area (Å²) in [6, 6.07) is 8.54. The van der Waals surface area contributed by atoms with Crippen LogP contribution in [-0.4, -0.2) is 22.2 Å². The average molecular weight is 334 g/mol. The second-order valence-electron chi connectivity index (χ2n) is 4.04. The maximum atomic E-state index is 11.6. The molecule has 2 aromatic rings. The van der Waals surface area contributed by atoms with Crippen LogP contribution in [-0.2, 0) is 11.2 Å². The van der Waals surface area contributed by atoms with Gasteiger partial charge < -0.3 is 5.11 Å². The van der Waals surface area contributed by atoms with Crippen LogP contribution in [0.15, 0.2) is 52.3 Å². The van der Waals surface area contributed by atoms with Crippen molar-refractivity contribution in [1.29, 1.82) is 0 Å². The van der Waals surface area contributed by atoms with Gasteiger partial charge >= 0.3 is 0 Å². The lowest BCUT2D eigenvalue weighted by atomic mass is 10.2. The predicted molar refractivity (Wildman–Crippen MR) is 79.5 cm³/mol. The van der Waals surface area contributed by atoms with Crippen molar-refractivity contribution in [1.82, 2.24) is 10.4 Å². The van der Waals surface area contributed by atoms with E-state index in [2.05, 4.69) is 31.4 Å². The van der Waals surface area contributed by atoms with Gasteiger partial charge in [-0.15, -0.1) is 0 Å². The normalized spacial score (nSPS) is 10.7. The zero-order valence-electron chi connectivity index (χ0n) is 10.5. The molecule has 1 heterocycles. The fourth-order valence-electron chi connectivity index (χ4n) is 1.51. The zero-order chi connectivity index (χ0) is 14.4. The van der Waals surface area contributed by atoms with E-state index in [-0.39, 0.29) is 18.1 Å². The summed E-state index contributed by atoms with van der Waals surface area (Å²) in [6.45, 7) is 0. The Labute approximate surface area is 124 Å². The van der Waals surface area contributed by atoms with Crippen molar-refractivity contribution in [3.63, 3.8) is 0 Å². The molecule has 0 spiro atoms. The minimum atomic E-state index is -0.216. The van der Waals surface area contributed by atoms with Gasteiger partial charge in [-0.25, -0.2) is 5.43 Å². The molecule has 0 saturated heterocycles. The minimum absolute atomic E-state index is 0.155.